The van der Waals surface area contributed by atoms with Crippen molar-refractivity contribution in [1.29, 1.82) is 0 Å². The summed E-state index contributed by atoms with van der Waals surface area (Å²) in [5.41, 5.74) is 0.993. The summed E-state index contributed by atoms with van der Waals surface area (Å²) < 4.78 is 16.9. The second-order valence-corrected chi connectivity index (χ2v) is 7.07. The third-order valence-corrected chi connectivity index (χ3v) is 4.81. The molecule has 0 aliphatic rings. The molecule has 0 saturated carbocycles. The zero-order valence-electron chi connectivity index (χ0n) is 14.2. The quantitative estimate of drug-likeness (QED) is 0.623. The van der Waals surface area contributed by atoms with Gasteiger partial charge in [-0.05, 0) is 19.1 Å². The zero-order chi connectivity index (χ0) is 19.6. The number of anilines is 1. The van der Waals surface area contributed by atoms with Gasteiger partial charge in [0.2, 0.25) is 5.91 Å². The monoisotopic (exact) mass is 429 g/mol. The van der Waals surface area contributed by atoms with Gasteiger partial charge in [0.15, 0.2) is 5.82 Å². The largest absolute Gasteiger partial charge is 0.308 e. The van der Waals surface area contributed by atoms with Crippen molar-refractivity contribution in [1.82, 2.24) is 19.6 Å². The molecule has 0 saturated heterocycles. The van der Waals surface area contributed by atoms with Gasteiger partial charge >= 0.3 is 0 Å². The van der Waals surface area contributed by atoms with Gasteiger partial charge in [0, 0.05) is 35.9 Å². The van der Waals surface area contributed by atoms with E-state index in [4.69, 9.17) is 34.8 Å². The Bertz CT molecular complexity index is 945. The molecule has 142 valence electrons. The smallest absolute Gasteiger partial charge is 0.227 e. The minimum Gasteiger partial charge on any atom is -0.308 e. The summed E-state index contributed by atoms with van der Waals surface area (Å²) >= 11 is 18.1. The number of benzene rings is 1. The molecule has 0 bridgehead atoms. The maximum atomic E-state index is 13.9. The Morgan fingerprint density at radius 3 is 2.52 bits per heavy atom. The van der Waals surface area contributed by atoms with Gasteiger partial charge in [-0.15, -0.1) is 0 Å². The molecular weight excluding hydrogens is 416 g/mol. The molecule has 0 atom stereocenters. The summed E-state index contributed by atoms with van der Waals surface area (Å²) in [6.07, 6.45) is 3.32. The predicted molar refractivity (Wildman–Crippen MR) is 103 cm³/mol. The van der Waals surface area contributed by atoms with E-state index in [1.54, 1.807) is 23.9 Å². The van der Waals surface area contributed by atoms with Crippen LogP contribution in [0.25, 0.3) is 0 Å². The van der Waals surface area contributed by atoms with Crippen LogP contribution in [0.5, 0.6) is 0 Å². The Morgan fingerprint density at radius 1 is 1.11 bits per heavy atom. The fourth-order valence-corrected chi connectivity index (χ4v) is 3.00. The van der Waals surface area contributed by atoms with Crippen LogP contribution >= 0.6 is 34.8 Å². The number of aryl methyl sites for hydroxylation is 2. The van der Waals surface area contributed by atoms with Crippen molar-refractivity contribution >= 4 is 46.5 Å². The summed E-state index contributed by atoms with van der Waals surface area (Å²) in [5.74, 6) is -0.521. The maximum absolute atomic E-state index is 13.9. The van der Waals surface area contributed by atoms with Crippen LogP contribution in [0, 0.1) is 12.7 Å². The van der Waals surface area contributed by atoms with Gasteiger partial charge in [-0.2, -0.15) is 10.2 Å². The highest BCUT2D eigenvalue weighted by atomic mass is 35.5. The Hall–Kier alpha value is -2.09. The highest BCUT2D eigenvalue weighted by molar-refractivity contribution is 6.33. The van der Waals surface area contributed by atoms with E-state index >= 15 is 0 Å². The molecule has 0 unspecified atom stereocenters. The van der Waals surface area contributed by atoms with Crippen LogP contribution in [-0.2, 0) is 17.9 Å². The van der Waals surface area contributed by atoms with Crippen molar-refractivity contribution in [3.05, 3.63) is 62.7 Å². The number of rotatable bonds is 6. The highest BCUT2D eigenvalue weighted by Crippen LogP contribution is 2.24. The first-order chi connectivity index (χ1) is 12.8. The van der Waals surface area contributed by atoms with Gasteiger partial charge in [-0.25, -0.2) is 4.39 Å². The average molecular weight is 431 g/mol. The second kappa shape index (κ2) is 8.29. The number of hydrogen-bond donors (Lipinski definition) is 1. The molecule has 27 heavy (non-hydrogen) atoms. The number of halogens is 4. The molecule has 3 aromatic rings. The minimum atomic E-state index is -0.437. The number of nitrogens with zero attached hydrogens (tertiary/aromatic N) is 4. The Balaban J connectivity index is 1.63. The van der Waals surface area contributed by atoms with Gasteiger partial charge in [0.1, 0.15) is 10.8 Å². The van der Waals surface area contributed by atoms with E-state index in [9.17, 15) is 9.18 Å². The van der Waals surface area contributed by atoms with E-state index in [2.05, 4.69) is 15.5 Å². The fraction of sp³-hybridized carbons (Fsp3) is 0.235. The Kier molecular flexibility index (Phi) is 6.04. The molecule has 0 aliphatic carbocycles. The number of aromatic nitrogens is 4. The van der Waals surface area contributed by atoms with Crippen molar-refractivity contribution in [2.24, 2.45) is 0 Å². The summed E-state index contributed by atoms with van der Waals surface area (Å²) in [7, 11) is 0. The SMILES string of the molecule is Cc1nn(CCC(=O)Nc2nn(Cc3c(F)cccc3Cl)cc2Cl)cc1Cl. The van der Waals surface area contributed by atoms with Gasteiger partial charge in [0.25, 0.3) is 0 Å². The Labute approximate surface area is 169 Å². The number of amides is 1. The van der Waals surface area contributed by atoms with E-state index in [1.807, 2.05) is 0 Å². The summed E-state index contributed by atoms with van der Waals surface area (Å²) in [6.45, 7) is 2.24. The van der Waals surface area contributed by atoms with Crippen molar-refractivity contribution in [2.75, 3.05) is 5.32 Å². The molecule has 3 rings (SSSR count). The number of carbonyl (C=O) groups excluding carboxylic acids is 1. The third kappa shape index (κ3) is 4.80. The van der Waals surface area contributed by atoms with Crippen LogP contribution < -0.4 is 5.32 Å². The first-order valence-electron chi connectivity index (χ1n) is 7.98. The first-order valence-corrected chi connectivity index (χ1v) is 9.12. The predicted octanol–water partition coefficient (Wildman–Crippen LogP) is 4.56. The average Bonchev–Trinajstić information content (AvgIpc) is 3.11. The van der Waals surface area contributed by atoms with Crippen molar-refractivity contribution in [3.8, 4) is 0 Å². The van der Waals surface area contributed by atoms with Crippen molar-refractivity contribution in [2.45, 2.75) is 26.4 Å². The molecule has 6 nitrogen and oxygen atoms in total. The van der Waals surface area contributed by atoms with Crippen LogP contribution in [0.2, 0.25) is 15.1 Å². The molecule has 0 fully saturated rings. The lowest BCUT2D eigenvalue weighted by Gasteiger charge is -2.06. The molecule has 2 heterocycles. The molecule has 10 heteroatoms. The molecule has 0 radical (unpaired) electrons. The second-order valence-electron chi connectivity index (χ2n) is 5.85. The lowest BCUT2D eigenvalue weighted by Crippen LogP contribution is -2.15. The third-order valence-electron chi connectivity index (χ3n) is 3.81. The highest BCUT2D eigenvalue weighted by Gasteiger charge is 2.14. The van der Waals surface area contributed by atoms with Gasteiger partial charge < -0.3 is 5.32 Å². The molecule has 0 spiro atoms. The van der Waals surface area contributed by atoms with Gasteiger partial charge in [-0.1, -0.05) is 40.9 Å². The van der Waals surface area contributed by atoms with Crippen LogP contribution in [0.4, 0.5) is 10.2 Å². The summed E-state index contributed by atoms with van der Waals surface area (Å²) in [5, 5.41) is 12.1. The number of hydrogen-bond acceptors (Lipinski definition) is 3. The van der Waals surface area contributed by atoms with E-state index in [0.717, 1.165) is 0 Å². The number of nitrogens with one attached hydrogen (secondary N) is 1. The molecule has 2 aromatic heterocycles. The Morgan fingerprint density at radius 2 is 1.85 bits per heavy atom. The summed E-state index contributed by atoms with van der Waals surface area (Å²) in [6, 6.07) is 4.44. The molecule has 0 aliphatic heterocycles. The van der Waals surface area contributed by atoms with Gasteiger partial charge in [0.05, 0.1) is 17.3 Å². The van der Waals surface area contributed by atoms with Crippen LogP contribution in [-0.4, -0.2) is 25.5 Å². The lowest BCUT2D eigenvalue weighted by atomic mass is 10.2. The van der Waals surface area contributed by atoms with Crippen molar-refractivity contribution < 1.29 is 9.18 Å². The molecule has 1 aromatic carbocycles. The van der Waals surface area contributed by atoms with E-state index in [0.29, 0.717) is 27.8 Å². The minimum absolute atomic E-state index is 0.0894. The molecule has 1 N–H and O–H groups in total. The molecule has 1 amide bonds. The van der Waals surface area contributed by atoms with Crippen molar-refractivity contribution in [3.63, 3.8) is 0 Å². The topological polar surface area (TPSA) is 64.7 Å². The first kappa shape index (κ1) is 19.7. The van der Waals surface area contributed by atoms with Gasteiger partial charge in [-0.3, -0.25) is 14.2 Å². The summed E-state index contributed by atoms with van der Waals surface area (Å²) in [4.78, 5) is 12.1. The van der Waals surface area contributed by atoms with E-state index < -0.39 is 5.82 Å². The lowest BCUT2D eigenvalue weighted by molar-refractivity contribution is -0.116. The normalized spacial score (nSPS) is 11.0. The van der Waals surface area contributed by atoms with Crippen LogP contribution in [0.3, 0.4) is 0 Å². The molecular formula is C17H15Cl3FN5O. The maximum Gasteiger partial charge on any atom is 0.227 e. The van der Waals surface area contributed by atoms with Crippen LogP contribution in [0.1, 0.15) is 17.7 Å². The number of carbonyl (C=O) groups is 1. The standard InChI is InChI=1S/C17H15Cl3FN5O/c1-10-13(19)8-25(23-10)6-5-16(27)22-17-14(20)9-26(24-17)7-11-12(18)3-2-4-15(11)21/h2-4,8-9H,5-7H2,1H3,(H,22,24,27). The zero-order valence-corrected chi connectivity index (χ0v) is 16.5. The van der Waals surface area contributed by atoms with E-state index in [1.165, 1.54) is 23.0 Å². The van der Waals surface area contributed by atoms with E-state index in [-0.39, 0.29) is 29.7 Å². The fourth-order valence-electron chi connectivity index (χ4n) is 2.43. The van der Waals surface area contributed by atoms with Crippen LogP contribution in [0.15, 0.2) is 30.6 Å².